The highest BCUT2D eigenvalue weighted by atomic mass is 35.5. The Balaban J connectivity index is 1.63. The van der Waals surface area contributed by atoms with E-state index in [1.165, 1.54) is 33.2 Å². The smallest absolute Gasteiger partial charge is 0.373 e. The number of alkyl halides is 4. The summed E-state index contributed by atoms with van der Waals surface area (Å²) < 4.78 is 70.1. The quantitative estimate of drug-likeness (QED) is 0.221. The Morgan fingerprint density at radius 3 is 2.34 bits per heavy atom. The van der Waals surface area contributed by atoms with E-state index in [4.69, 9.17) is 11.6 Å². The number of nitrogens with zero attached hydrogens (tertiary/aromatic N) is 3. The molecule has 0 unspecified atom stereocenters. The fourth-order valence-corrected chi connectivity index (χ4v) is 7.72. The minimum Gasteiger partial charge on any atom is -0.373 e. The second kappa shape index (κ2) is 19.6. The van der Waals surface area contributed by atoms with Crippen LogP contribution in [0.5, 0.6) is 0 Å². The molecule has 0 radical (unpaired) electrons. The summed E-state index contributed by atoms with van der Waals surface area (Å²) in [6.07, 6.45) is -7.27. The zero-order valence-electron chi connectivity index (χ0n) is 35.0. The molecule has 1 aromatic carbocycles. The lowest BCUT2D eigenvalue weighted by Crippen LogP contribution is -2.61. The van der Waals surface area contributed by atoms with Gasteiger partial charge in [0, 0.05) is 38.5 Å². The summed E-state index contributed by atoms with van der Waals surface area (Å²) in [6, 6.07) is -3.43. The first-order valence-electron chi connectivity index (χ1n) is 20.3. The molecule has 21 heteroatoms. The van der Waals surface area contributed by atoms with Crippen molar-refractivity contribution in [3.63, 3.8) is 0 Å². The molecular formula is C40H55ClF5N7O8. The van der Waals surface area contributed by atoms with Crippen molar-refractivity contribution in [2.45, 2.75) is 139 Å². The third-order valence-electron chi connectivity index (χ3n) is 11.5. The zero-order chi connectivity index (χ0) is 45.8. The number of amides is 7. The Morgan fingerprint density at radius 1 is 1.10 bits per heavy atom. The molecule has 1 aromatic rings. The molecule has 61 heavy (non-hydrogen) atoms. The predicted molar refractivity (Wildman–Crippen MR) is 210 cm³/mol. The highest BCUT2D eigenvalue weighted by Crippen LogP contribution is 2.37. The molecule has 3 fully saturated rings. The van der Waals surface area contributed by atoms with Crippen LogP contribution in [0.2, 0.25) is 5.02 Å². The molecule has 5 N–H and O–H groups in total. The average molecular weight is 892 g/mol. The minimum atomic E-state index is -5.44. The standard InChI is InChI=1S/C40H55ClF5N7O8/c1-7-26(48-32(55)30-19-24(42)20-53(30)37(60)38(4,61)40(44,45)46)34(57)51(5)28-10-8-9-15-47-36(59)39(13-14-39)50-33(56)29(18-22-17-23(41)11-12-25(22)43)52(6)35(58)27(16-21(2)3)49-31(28)54/h11-12,17,21,24,26-30,61H,7-10,13-16,18-20H2,1-6H3,(H,47,59)(H,48,55)(H,49,54)(H,50,56)/t24-,26+,27+,28+,29+,30+,38-/m1/s1. The molecule has 2 aliphatic heterocycles. The van der Waals surface area contributed by atoms with Crippen LogP contribution in [0, 0.1) is 11.7 Å². The fraction of sp³-hybridized carbons (Fsp3) is 0.675. The summed E-state index contributed by atoms with van der Waals surface area (Å²) >= 11 is 6.14. The average Bonchev–Trinajstić information content (AvgIpc) is 3.86. The normalized spacial score (nSPS) is 25.6. The number of likely N-dealkylation sites (N-methyl/N-ethyl adjacent to an activating group) is 2. The fourth-order valence-electron chi connectivity index (χ4n) is 7.53. The van der Waals surface area contributed by atoms with Crippen LogP contribution < -0.4 is 21.3 Å². The van der Waals surface area contributed by atoms with Crippen molar-refractivity contribution in [3.05, 3.63) is 34.6 Å². The lowest BCUT2D eigenvalue weighted by atomic mass is 9.98. The SMILES string of the molecule is CC[C@H](NC(=O)[C@@H]1C[C@@H](F)CN1C(=O)[C@@](C)(O)C(F)(F)F)C(=O)N(C)[C@H]1CCCCNC(=O)C2(CC2)NC(=O)[C@H](Cc2cc(Cl)ccc2F)N(C)C(=O)[C@H](CC(C)C)NC1=O. The maximum atomic E-state index is 15.0. The highest BCUT2D eigenvalue weighted by molar-refractivity contribution is 6.30. The number of halogens is 6. The van der Waals surface area contributed by atoms with Gasteiger partial charge in [0.15, 0.2) is 0 Å². The number of rotatable bonds is 10. The van der Waals surface area contributed by atoms with E-state index >= 15 is 4.39 Å². The molecule has 7 atom stereocenters. The Bertz CT molecular complexity index is 1850. The summed E-state index contributed by atoms with van der Waals surface area (Å²) in [7, 11) is 2.58. The molecule has 1 spiro atoms. The number of nitrogens with one attached hydrogen (secondary N) is 4. The van der Waals surface area contributed by atoms with Gasteiger partial charge < -0.3 is 41.1 Å². The minimum absolute atomic E-state index is 0.00768. The van der Waals surface area contributed by atoms with Gasteiger partial charge in [0.2, 0.25) is 41.0 Å². The first kappa shape index (κ1) is 49.1. The van der Waals surface area contributed by atoms with Gasteiger partial charge in [0.05, 0.1) is 6.54 Å². The second-order valence-electron chi connectivity index (χ2n) is 16.7. The van der Waals surface area contributed by atoms with E-state index in [2.05, 4.69) is 21.3 Å². The van der Waals surface area contributed by atoms with Gasteiger partial charge in [-0.2, -0.15) is 13.2 Å². The molecule has 7 amide bonds. The maximum absolute atomic E-state index is 15.0. The van der Waals surface area contributed by atoms with Gasteiger partial charge in [-0.25, -0.2) is 8.78 Å². The molecule has 2 saturated heterocycles. The van der Waals surface area contributed by atoms with Crippen molar-refractivity contribution >= 4 is 53.0 Å². The van der Waals surface area contributed by atoms with Crippen molar-refractivity contribution in [3.8, 4) is 0 Å². The zero-order valence-corrected chi connectivity index (χ0v) is 35.7. The lowest BCUT2D eigenvalue weighted by Gasteiger charge is -2.35. The van der Waals surface area contributed by atoms with Gasteiger partial charge in [-0.3, -0.25) is 33.6 Å². The predicted octanol–water partition coefficient (Wildman–Crippen LogP) is 2.30. The molecular weight excluding hydrogens is 837 g/mol. The molecule has 2 heterocycles. The summed E-state index contributed by atoms with van der Waals surface area (Å²) in [4.78, 5) is 98.7. The van der Waals surface area contributed by atoms with Crippen LogP contribution in [0.3, 0.4) is 0 Å². The molecule has 1 saturated carbocycles. The van der Waals surface area contributed by atoms with Crippen molar-refractivity contribution < 1.29 is 60.6 Å². The number of aliphatic hydroxyl groups is 1. The Hall–Kier alpha value is -4.59. The molecule has 340 valence electrons. The van der Waals surface area contributed by atoms with Crippen molar-refractivity contribution in [2.24, 2.45) is 5.92 Å². The summed E-state index contributed by atoms with van der Waals surface area (Å²) in [5, 5.41) is 20.8. The van der Waals surface area contributed by atoms with E-state index in [0.29, 0.717) is 19.3 Å². The van der Waals surface area contributed by atoms with Crippen LogP contribution in [0.4, 0.5) is 22.0 Å². The lowest BCUT2D eigenvalue weighted by molar-refractivity contribution is -0.250. The molecule has 15 nitrogen and oxygen atoms in total. The first-order chi connectivity index (χ1) is 28.3. The van der Waals surface area contributed by atoms with Gasteiger partial charge in [-0.15, -0.1) is 0 Å². The van der Waals surface area contributed by atoms with Crippen LogP contribution in [0.15, 0.2) is 18.2 Å². The molecule has 3 aliphatic rings. The number of carbonyl (C=O) groups is 7. The summed E-state index contributed by atoms with van der Waals surface area (Å²) in [6.45, 7) is 4.46. The van der Waals surface area contributed by atoms with Crippen LogP contribution in [0.1, 0.15) is 84.6 Å². The van der Waals surface area contributed by atoms with E-state index in [-0.39, 0.29) is 67.0 Å². The van der Waals surface area contributed by atoms with E-state index in [0.717, 1.165) is 15.9 Å². The van der Waals surface area contributed by atoms with E-state index in [1.807, 2.05) is 0 Å². The first-order valence-corrected chi connectivity index (χ1v) is 20.7. The summed E-state index contributed by atoms with van der Waals surface area (Å²) in [5.41, 5.74) is -5.17. The van der Waals surface area contributed by atoms with Crippen LogP contribution in [-0.2, 0) is 40.0 Å². The monoisotopic (exact) mass is 891 g/mol. The van der Waals surface area contributed by atoms with Gasteiger partial charge in [0.25, 0.3) is 5.91 Å². The molecule has 0 aromatic heterocycles. The number of carbonyl (C=O) groups excluding carboxylic acids is 7. The van der Waals surface area contributed by atoms with Crippen LogP contribution >= 0.6 is 11.6 Å². The Kier molecular flexibility index (Phi) is 15.8. The van der Waals surface area contributed by atoms with Crippen molar-refractivity contribution in [1.29, 1.82) is 0 Å². The topological polar surface area (TPSA) is 198 Å². The third-order valence-corrected chi connectivity index (χ3v) is 11.8. The summed E-state index contributed by atoms with van der Waals surface area (Å²) in [5.74, 6) is -7.57. The van der Waals surface area contributed by atoms with Crippen LogP contribution in [0.25, 0.3) is 0 Å². The van der Waals surface area contributed by atoms with Crippen molar-refractivity contribution in [1.82, 2.24) is 36.0 Å². The molecule has 4 rings (SSSR count). The number of likely N-dealkylation sites (tertiary alicyclic amines) is 1. The van der Waals surface area contributed by atoms with Gasteiger partial charge in [-0.05, 0) is 81.5 Å². The largest absolute Gasteiger partial charge is 0.426 e. The second-order valence-corrected chi connectivity index (χ2v) is 17.2. The Labute approximate surface area is 355 Å². The van der Waals surface area contributed by atoms with E-state index < -0.39 is 114 Å². The number of hydrogen-bond donors (Lipinski definition) is 5. The maximum Gasteiger partial charge on any atom is 0.426 e. The van der Waals surface area contributed by atoms with Crippen LogP contribution in [-0.4, -0.2) is 142 Å². The van der Waals surface area contributed by atoms with Gasteiger partial charge in [-0.1, -0.05) is 32.4 Å². The molecule has 1 aliphatic carbocycles. The third kappa shape index (κ3) is 11.5. The number of benzene rings is 1. The van der Waals surface area contributed by atoms with Gasteiger partial charge in [0.1, 0.15) is 47.7 Å². The van der Waals surface area contributed by atoms with E-state index in [9.17, 15) is 56.2 Å². The highest BCUT2D eigenvalue weighted by Gasteiger charge is 2.59. The molecule has 0 bridgehead atoms. The van der Waals surface area contributed by atoms with E-state index in [1.54, 1.807) is 13.8 Å². The number of hydrogen-bond acceptors (Lipinski definition) is 8. The Morgan fingerprint density at radius 2 is 1.75 bits per heavy atom. The van der Waals surface area contributed by atoms with Crippen molar-refractivity contribution in [2.75, 3.05) is 27.2 Å². The van der Waals surface area contributed by atoms with Gasteiger partial charge >= 0.3 is 6.18 Å².